The number of carbonyl (C=O) groups is 2. The van der Waals surface area contributed by atoms with E-state index in [-0.39, 0.29) is 25.6 Å². The van der Waals surface area contributed by atoms with Gasteiger partial charge in [0.2, 0.25) is 0 Å². The van der Waals surface area contributed by atoms with E-state index in [1.54, 1.807) is 0 Å². The van der Waals surface area contributed by atoms with Crippen molar-refractivity contribution in [2.45, 2.75) is 50.0 Å². The Morgan fingerprint density at radius 3 is 2.23 bits per heavy atom. The molecule has 0 spiro atoms. The fourth-order valence-electron chi connectivity index (χ4n) is 2.66. The maximum absolute atomic E-state index is 11.3. The molecule has 0 aliphatic carbocycles. The first-order valence-electron chi connectivity index (χ1n) is 6.97. The van der Waals surface area contributed by atoms with E-state index < -0.39 is 43.0 Å². The van der Waals surface area contributed by atoms with Gasteiger partial charge in [-0.05, 0) is 0 Å². The summed E-state index contributed by atoms with van der Waals surface area (Å²) in [7, 11) is 2.59. The molecule has 0 bridgehead atoms. The van der Waals surface area contributed by atoms with Gasteiger partial charge in [-0.3, -0.25) is 9.59 Å². The average Bonchev–Trinajstić information content (AvgIpc) is 3.04. The standard InChI is InChI=1S/C13H18O9/c1-16-7(14)3-9-18-5-6-11(20-9)12-13(19-6)22-10(21-12)4-8(15)17-2/h6,9-13H,3-5H2,1-2H3. The van der Waals surface area contributed by atoms with Gasteiger partial charge in [0.25, 0.3) is 0 Å². The molecule has 3 heterocycles. The molecule has 3 aliphatic rings. The predicted octanol–water partition coefficient (Wildman–Crippen LogP) is -0.679. The van der Waals surface area contributed by atoms with Crippen LogP contribution < -0.4 is 0 Å². The van der Waals surface area contributed by atoms with Crippen LogP contribution in [0, 0.1) is 0 Å². The molecular formula is C13H18O9. The number of methoxy groups -OCH3 is 2. The van der Waals surface area contributed by atoms with E-state index in [2.05, 4.69) is 9.47 Å². The van der Waals surface area contributed by atoms with Crippen molar-refractivity contribution in [3.8, 4) is 0 Å². The Hall–Kier alpha value is -1.26. The second-order valence-corrected chi connectivity index (χ2v) is 5.13. The Kier molecular flexibility index (Phi) is 4.59. The van der Waals surface area contributed by atoms with Crippen LogP contribution in [0.3, 0.4) is 0 Å². The molecule has 0 amide bonds. The zero-order valence-electron chi connectivity index (χ0n) is 12.3. The van der Waals surface area contributed by atoms with Crippen molar-refractivity contribution in [3.05, 3.63) is 0 Å². The lowest BCUT2D eigenvalue weighted by Gasteiger charge is -2.32. The summed E-state index contributed by atoms with van der Waals surface area (Å²) >= 11 is 0. The maximum atomic E-state index is 11.3. The summed E-state index contributed by atoms with van der Waals surface area (Å²) in [6, 6.07) is 0. The van der Waals surface area contributed by atoms with Gasteiger partial charge in [-0.2, -0.15) is 0 Å². The van der Waals surface area contributed by atoms with Crippen molar-refractivity contribution in [1.29, 1.82) is 0 Å². The second-order valence-electron chi connectivity index (χ2n) is 5.13. The Morgan fingerprint density at radius 2 is 1.55 bits per heavy atom. The van der Waals surface area contributed by atoms with Gasteiger partial charge >= 0.3 is 11.9 Å². The molecule has 9 nitrogen and oxygen atoms in total. The van der Waals surface area contributed by atoms with Gasteiger partial charge in [-0.15, -0.1) is 0 Å². The molecular weight excluding hydrogens is 300 g/mol. The molecule has 9 heteroatoms. The third kappa shape index (κ3) is 3.08. The average molecular weight is 318 g/mol. The molecule has 0 radical (unpaired) electrons. The highest BCUT2D eigenvalue weighted by molar-refractivity contribution is 5.69. The first-order chi connectivity index (χ1) is 10.6. The van der Waals surface area contributed by atoms with Crippen molar-refractivity contribution in [1.82, 2.24) is 0 Å². The van der Waals surface area contributed by atoms with Crippen LogP contribution >= 0.6 is 0 Å². The smallest absolute Gasteiger partial charge is 0.310 e. The van der Waals surface area contributed by atoms with Crippen molar-refractivity contribution in [2.75, 3.05) is 20.8 Å². The van der Waals surface area contributed by atoms with E-state index in [9.17, 15) is 9.59 Å². The number of carbonyl (C=O) groups excluding carboxylic acids is 2. The summed E-state index contributed by atoms with van der Waals surface area (Å²) in [5, 5.41) is 0. The van der Waals surface area contributed by atoms with Crippen molar-refractivity contribution >= 4 is 11.9 Å². The molecule has 0 aromatic carbocycles. The fraction of sp³-hybridized carbons (Fsp3) is 0.846. The van der Waals surface area contributed by atoms with Gasteiger partial charge in [0.1, 0.15) is 18.3 Å². The fourth-order valence-corrected chi connectivity index (χ4v) is 2.66. The Balaban J connectivity index is 1.57. The Bertz CT molecular complexity index is 439. The monoisotopic (exact) mass is 318 g/mol. The number of rotatable bonds is 4. The molecule has 124 valence electrons. The van der Waals surface area contributed by atoms with Crippen LogP contribution in [0.25, 0.3) is 0 Å². The minimum absolute atomic E-state index is 0.0104. The van der Waals surface area contributed by atoms with Crippen LogP contribution in [0.1, 0.15) is 12.8 Å². The number of fused-ring (bicyclic) bond motifs is 3. The third-order valence-electron chi connectivity index (χ3n) is 3.74. The molecule has 3 saturated heterocycles. The first-order valence-corrected chi connectivity index (χ1v) is 6.97. The van der Waals surface area contributed by atoms with E-state index in [0.29, 0.717) is 0 Å². The summed E-state index contributed by atoms with van der Waals surface area (Å²) in [5.41, 5.74) is 0. The summed E-state index contributed by atoms with van der Waals surface area (Å²) in [4.78, 5) is 22.5. The quantitative estimate of drug-likeness (QED) is 0.624. The van der Waals surface area contributed by atoms with Gasteiger partial charge in [0.05, 0.1) is 33.7 Å². The molecule has 3 fully saturated rings. The number of ether oxygens (including phenoxy) is 7. The Labute approximate surface area is 126 Å². The summed E-state index contributed by atoms with van der Waals surface area (Å²) in [5.74, 6) is -0.857. The topological polar surface area (TPSA) is 98.8 Å². The largest absolute Gasteiger partial charge is 0.469 e. The summed E-state index contributed by atoms with van der Waals surface area (Å²) in [6.45, 7) is 0.272. The molecule has 3 aliphatic heterocycles. The van der Waals surface area contributed by atoms with Gasteiger partial charge in [-0.1, -0.05) is 0 Å². The van der Waals surface area contributed by atoms with Gasteiger partial charge in [0.15, 0.2) is 18.9 Å². The predicted molar refractivity (Wildman–Crippen MR) is 66.3 cm³/mol. The Morgan fingerprint density at radius 1 is 0.909 bits per heavy atom. The first kappa shape index (κ1) is 15.6. The second kappa shape index (κ2) is 6.47. The van der Waals surface area contributed by atoms with Gasteiger partial charge < -0.3 is 33.2 Å². The summed E-state index contributed by atoms with van der Waals surface area (Å²) in [6.07, 6.45) is -3.31. The lowest BCUT2D eigenvalue weighted by molar-refractivity contribution is -0.270. The zero-order chi connectivity index (χ0) is 15.7. The van der Waals surface area contributed by atoms with Crippen molar-refractivity contribution in [3.63, 3.8) is 0 Å². The van der Waals surface area contributed by atoms with Crippen LogP contribution in [0.15, 0.2) is 0 Å². The van der Waals surface area contributed by atoms with Crippen LogP contribution in [-0.2, 0) is 42.7 Å². The van der Waals surface area contributed by atoms with E-state index in [4.69, 9.17) is 23.7 Å². The number of hydrogen-bond acceptors (Lipinski definition) is 9. The van der Waals surface area contributed by atoms with Crippen LogP contribution in [-0.4, -0.2) is 69.9 Å². The van der Waals surface area contributed by atoms with E-state index >= 15 is 0 Å². The highest BCUT2D eigenvalue weighted by Crippen LogP contribution is 2.38. The lowest BCUT2D eigenvalue weighted by atomic mass is 10.1. The van der Waals surface area contributed by atoms with E-state index in [1.807, 2.05) is 0 Å². The SMILES string of the molecule is COC(=O)CC1OCC2OC3OC(CC(=O)OC)OC3C2O1. The zero-order valence-corrected chi connectivity index (χ0v) is 12.3. The van der Waals surface area contributed by atoms with E-state index in [1.165, 1.54) is 14.2 Å². The molecule has 0 aromatic heterocycles. The normalized spacial score (nSPS) is 39.9. The molecule has 3 rings (SSSR count). The third-order valence-corrected chi connectivity index (χ3v) is 3.74. The van der Waals surface area contributed by atoms with Crippen LogP contribution in [0.5, 0.6) is 0 Å². The number of hydrogen-bond donors (Lipinski definition) is 0. The summed E-state index contributed by atoms with van der Waals surface area (Å²) < 4.78 is 37.1. The molecule has 6 unspecified atom stereocenters. The van der Waals surface area contributed by atoms with Crippen molar-refractivity contribution < 1.29 is 42.7 Å². The number of esters is 2. The van der Waals surface area contributed by atoms with Crippen LogP contribution in [0.2, 0.25) is 0 Å². The highest BCUT2D eigenvalue weighted by Gasteiger charge is 2.55. The van der Waals surface area contributed by atoms with Crippen LogP contribution in [0.4, 0.5) is 0 Å². The maximum Gasteiger partial charge on any atom is 0.310 e. The van der Waals surface area contributed by atoms with Gasteiger partial charge in [0, 0.05) is 0 Å². The molecule has 0 saturated carbocycles. The van der Waals surface area contributed by atoms with Crippen molar-refractivity contribution in [2.24, 2.45) is 0 Å². The molecule has 6 atom stereocenters. The van der Waals surface area contributed by atoms with E-state index in [0.717, 1.165) is 0 Å². The van der Waals surface area contributed by atoms with Gasteiger partial charge in [-0.25, -0.2) is 0 Å². The molecule has 0 N–H and O–H groups in total. The molecule has 22 heavy (non-hydrogen) atoms. The highest BCUT2D eigenvalue weighted by atomic mass is 16.8. The minimum Gasteiger partial charge on any atom is -0.469 e. The molecule has 0 aromatic rings. The lowest BCUT2D eigenvalue weighted by Crippen LogP contribution is -2.46. The minimum atomic E-state index is -0.728.